The van der Waals surface area contributed by atoms with Crippen molar-refractivity contribution in [3.8, 4) is 0 Å². The van der Waals surface area contributed by atoms with Crippen LogP contribution in [0.2, 0.25) is 6.04 Å². The van der Waals surface area contributed by atoms with Gasteiger partial charge in [-0.15, -0.1) is 0 Å². The molecule has 0 spiro atoms. The van der Waals surface area contributed by atoms with Crippen LogP contribution in [0.3, 0.4) is 0 Å². The van der Waals surface area contributed by atoms with Gasteiger partial charge in [0.15, 0.2) is 0 Å². The predicted octanol–water partition coefficient (Wildman–Crippen LogP) is 6.05. The lowest BCUT2D eigenvalue weighted by atomic mass is 9.88. The summed E-state index contributed by atoms with van der Waals surface area (Å²) in [6.45, 7) is 11.5. The molecule has 2 atom stereocenters. The van der Waals surface area contributed by atoms with Crippen LogP contribution in [0.4, 0.5) is 0 Å². The van der Waals surface area contributed by atoms with Crippen LogP contribution in [0.5, 0.6) is 0 Å². The minimum Gasteiger partial charge on any atom is -0.155 e. The fraction of sp³-hybridized carbons (Fsp3) is 0.400. The summed E-state index contributed by atoms with van der Waals surface area (Å²) in [4.78, 5) is 0. The SMILES string of the molecule is CC[Si]1(Cl)C2=C1c1c(cccc1C1=C(C)C(C)=C(C)C1C)C2. The zero-order chi connectivity index (χ0) is 15.8. The molecule has 0 amide bonds. The first kappa shape index (κ1) is 14.5. The Morgan fingerprint density at radius 2 is 1.91 bits per heavy atom. The van der Waals surface area contributed by atoms with Crippen molar-refractivity contribution in [1.82, 2.24) is 0 Å². The highest BCUT2D eigenvalue weighted by atomic mass is 35.6. The van der Waals surface area contributed by atoms with Gasteiger partial charge in [0.1, 0.15) is 0 Å². The van der Waals surface area contributed by atoms with Gasteiger partial charge in [0.2, 0.25) is 7.38 Å². The number of hydrogen-bond acceptors (Lipinski definition) is 0. The smallest absolute Gasteiger partial charge is 0.155 e. The van der Waals surface area contributed by atoms with Gasteiger partial charge in [0.25, 0.3) is 0 Å². The second-order valence-electron chi connectivity index (χ2n) is 7.09. The number of rotatable bonds is 2. The van der Waals surface area contributed by atoms with Gasteiger partial charge in [-0.25, -0.2) is 0 Å². The molecule has 114 valence electrons. The Kier molecular flexibility index (Phi) is 2.96. The van der Waals surface area contributed by atoms with Crippen LogP contribution < -0.4 is 0 Å². The maximum atomic E-state index is 6.97. The van der Waals surface area contributed by atoms with E-state index in [9.17, 15) is 0 Å². The maximum absolute atomic E-state index is 6.97. The lowest BCUT2D eigenvalue weighted by molar-refractivity contribution is 0.894. The molecule has 3 aliphatic rings. The van der Waals surface area contributed by atoms with E-state index in [1.165, 1.54) is 39.0 Å². The van der Waals surface area contributed by atoms with Crippen LogP contribution >= 0.6 is 11.1 Å². The topological polar surface area (TPSA) is 0 Å². The first-order valence-electron chi connectivity index (χ1n) is 8.36. The van der Waals surface area contributed by atoms with E-state index in [1.54, 1.807) is 10.4 Å². The lowest BCUT2D eigenvalue weighted by Crippen LogP contribution is -2.17. The molecule has 1 aliphatic heterocycles. The fourth-order valence-corrected chi connectivity index (χ4v) is 9.09. The van der Waals surface area contributed by atoms with Crippen molar-refractivity contribution >= 4 is 29.2 Å². The molecule has 0 radical (unpaired) electrons. The Hall–Kier alpha value is -1.05. The lowest BCUT2D eigenvalue weighted by Gasteiger charge is -2.21. The van der Waals surface area contributed by atoms with Gasteiger partial charge in [0.05, 0.1) is 0 Å². The molecule has 0 aromatic heterocycles. The van der Waals surface area contributed by atoms with Gasteiger partial charge in [-0.05, 0) is 71.8 Å². The molecule has 0 fully saturated rings. The van der Waals surface area contributed by atoms with Gasteiger partial charge in [-0.1, -0.05) is 42.8 Å². The van der Waals surface area contributed by atoms with E-state index >= 15 is 0 Å². The molecule has 1 aromatic rings. The molecular weight excluding hydrogens is 304 g/mol. The molecule has 22 heavy (non-hydrogen) atoms. The zero-order valence-electron chi connectivity index (χ0n) is 14.1. The summed E-state index contributed by atoms with van der Waals surface area (Å²) in [6, 6.07) is 8.01. The predicted molar refractivity (Wildman–Crippen MR) is 99.3 cm³/mol. The van der Waals surface area contributed by atoms with E-state index in [-0.39, 0.29) is 0 Å². The maximum Gasteiger partial charge on any atom is 0.213 e. The standard InChI is InChI=1S/C20H23ClSi/c1-6-22(21)17-10-15-8-7-9-16(19(15)20(17)22)18-13(4)11(2)12(3)14(18)5/h7-9,13H,6,10H2,1-5H3. The van der Waals surface area contributed by atoms with Gasteiger partial charge in [0, 0.05) is 5.92 Å². The van der Waals surface area contributed by atoms with E-state index in [2.05, 4.69) is 52.8 Å². The summed E-state index contributed by atoms with van der Waals surface area (Å²) < 4.78 is 0. The van der Waals surface area contributed by atoms with E-state index in [4.69, 9.17) is 11.1 Å². The van der Waals surface area contributed by atoms with E-state index in [0.29, 0.717) is 5.92 Å². The molecule has 4 rings (SSSR count). The van der Waals surface area contributed by atoms with Gasteiger partial charge >= 0.3 is 0 Å². The van der Waals surface area contributed by atoms with Gasteiger partial charge in [-0.3, -0.25) is 0 Å². The largest absolute Gasteiger partial charge is 0.213 e. The minimum atomic E-state index is -1.67. The molecule has 2 heteroatoms. The second-order valence-corrected chi connectivity index (χ2v) is 12.4. The molecule has 2 unspecified atom stereocenters. The molecule has 0 saturated heterocycles. The quantitative estimate of drug-likeness (QED) is 0.458. The van der Waals surface area contributed by atoms with Crippen LogP contribution in [-0.2, 0) is 6.42 Å². The highest BCUT2D eigenvalue weighted by molar-refractivity contribution is 7.42. The summed E-state index contributed by atoms with van der Waals surface area (Å²) in [5.41, 5.74) is 10.5. The van der Waals surface area contributed by atoms with Crippen molar-refractivity contribution in [1.29, 1.82) is 0 Å². The Morgan fingerprint density at radius 1 is 1.18 bits per heavy atom. The minimum absolute atomic E-state index is 0.530. The number of fused-ring (bicyclic) bond motifs is 2. The molecule has 1 aromatic carbocycles. The average Bonchev–Trinajstić information content (AvgIpc) is 2.81. The van der Waals surface area contributed by atoms with E-state index in [0.717, 1.165) is 12.5 Å². The monoisotopic (exact) mass is 326 g/mol. The molecule has 0 nitrogen and oxygen atoms in total. The number of halogens is 1. The first-order valence-corrected chi connectivity index (χ1v) is 11.6. The Morgan fingerprint density at radius 3 is 2.50 bits per heavy atom. The van der Waals surface area contributed by atoms with Crippen molar-refractivity contribution in [3.05, 3.63) is 56.8 Å². The average molecular weight is 327 g/mol. The summed E-state index contributed by atoms with van der Waals surface area (Å²) in [6.07, 6.45) is 1.12. The normalized spacial score (nSPS) is 29.5. The molecule has 2 aliphatic carbocycles. The highest BCUT2D eigenvalue weighted by Crippen LogP contribution is 2.62. The number of allylic oxidation sites excluding steroid dienone is 5. The second kappa shape index (κ2) is 4.49. The molecule has 0 bridgehead atoms. The third-order valence-electron chi connectivity index (χ3n) is 6.30. The Labute approximate surface area is 139 Å². The van der Waals surface area contributed by atoms with E-state index < -0.39 is 7.38 Å². The molecule has 1 heterocycles. The van der Waals surface area contributed by atoms with Crippen molar-refractivity contribution in [2.75, 3.05) is 0 Å². The van der Waals surface area contributed by atoms with Crippen LogP contribution in [-0.4, -0.2) is 7.38 Å². The van der Waals surface area contributed by atoms with Gasteiger partial charge in [-0.2, -0.15) is 11.1 Å². The summed E-state index contributed by atoms with van der Waals surface area (Å²) >= 11 is 6.97. The number of hydrogen-bond donors (Lipinski definition) is 0. The van der Waals surface area contributed by atoms with Crippen molar-refractivity contribution in [2.45, 2.75) is 47.1 Å². The summed E-state index contributed by atoms with van der Waals surface area (Å²) in [7, 11) is -1.67. The van der Waals surface area contributed by atoms with Crippen molar-refractivity contribution in [3.63, 3.8) is 0 Å². The zero-order valence-corrected chi connectivity index (χ0v) is 15.9. The third-order valence-corrected chi connectivity index (χ3v) is 11.8. The summed E-state index contributed by atoms with van der Waals surface area (Å²) in [5.74, 6) is 0.530. The van der Waals surface area contributed by atoms with Gasteiger partial charge < -0.3 is 0 Å². The fourth-order valence-electron chi connectivity index (χ4n) is 4.58. The van der Waals surface area contributed by atoms with Crippen molar-refractivity contribution in [2.24, 2.45) is 5.92 Å². The van der Waals surface area contributed by atoms with Crippen LogP contribution in [0, 0.1) is 5.92 Å². The van der Waals surface area contributed by atoms with Crippen LogP contribution in [0.25, 0.3) is 10.8 Å². The number of benzene rings is 1. The first-order chi connectivity index (χ1) is 10.4. The van der Waals surface area contributed by atoms with Crippen LogP contribution in [0.15, 0.2) is 40.1 Å². The van der Waals surface area contributed by atoms with E-state index in [1.807, 2.05) is 0 Å². The third kappa shape index (κ3) is 1.59. The summed E-state index contributed by atoms with van der Waals surface area (Å²) in [5, 5.41) is 3.20. The molecule has 0 saturated carbocycles. The highest BCUT2D eigenvalue weighted by Gasteiger charge is 2.58. The Bertz CT molecular complexity index is 809. The van der Waals surface area contributed by atoms with Crippen LogP contribution in [0.1, 0.15) is 51.3 Å². The molecular formula is C20H23ClSi. The Balaban J connectivity index is 1.89. The van der Waals surface area contributed by atoms with Crippen molar-refractivity contribution < 1.29 is 0 Å². The molecule has 0 N–H and O–H groups in total.